The summed E-state index contributed by atoms with van der Waals surface area (Å²) in [6.45, 7) is 2.22. The summed E-state index contributed by atoms with van der Waals surface area (Å²) in [5.41, 5.74) is 3.36. The monoisotopic (exact) mass is 472 g/mol. The van der Waals surface area contributed by atoms with Gasteiger partial charge in [-0.25, -0.2) is 8.78 Å². The Balaban J connectivity index is 1.55. The summed E-state index contributed by atoms with van der Waals surface area (Å²) in [7, 11) is 0.765. The Labute approximate surface area is 187 Å². The first-order valence-electron chi connectivity index (χ1n) is 11.1. The molecule has 0 radical (unpaired) electrons. The molecule has 8 heteroatoms. The fourth-order valence-corrected chi connectivity index (χ4v) is 7.25. The molecule has 0 aliphatic heterocycles. The van der Waals surface area contributed by atoms with Crippen LogP contribution in [0.15, 0.2) is 36.4 Å². The molecule has 0 bridgehead atoms. The molecule has 0 saturated heterocycles. The van der Waals surface area contributed by atoms with E-state index < -0.39 is 32.8 Å². The molecule has 32 heavy (non-hydrogen) atoms. The number of aryl methyl sites for hydroxylation is 2. The maximum Gasteiger partial charge on any atom is 0.573 e. The number of benzene rings is 2. The van der Waals surface area contributed by atoms with Gasteiger partial charge in [0.05, 0.1) is 0 Å². The van der Waals surface area contributed by atoms with Crippen molar-refractivity contribution in [3.8, 4) is 5.75 Å². The van der Waals surface area contributed by atoms with Gasteiger partial charge < -0.3 is 9.16 Å². The van der Waals surface area contributed by atoms with Crippen molar-refractivity contribution in [2.24, 2.45) is 0 Å². The van der Waals surface area contributed by atoms with E-state index in [2.05, 4.69) is 23.8 Å². The molecule has 0 heterocycles. The van der Waals surface area contributed by atoms with Gasteiger partial charge in [-0.15, -0.1) is 13.2 Å². The molecule has 0 amide bonds. The number of alkyl halides is 3. The fourth-order valence-electron chi connectivity index (χ4n) is 4.73. The van der Waals surface area contributed by atoms with E-state index in [0.29, 0.717) is 18.8 Å². The van der Waals surface area contributed by atoms with E-state index in [4.69, 9.17) is 4.43 Å². The van der Waals surface area contributed by atoms with Crippen molar-refractivity contribution >= 4 is 9.04 Å². The SMILES string of the molecule is CC[SiH](OC)[C@H]1CC[C@H](c2ccc(CCc3cc(F)c(OC(F)(F)F)c(F)c3)cc2)CC1. The standard InChI is InChI=1S/C24H29F5O2Si/c1-3-32(30-2)20-12-10-19(11-13-20)18-8-6-16(7-9-18)4-5-17-14-21(25)23(22(26)15-17)31-24(27,28)29/h6-9,14-15,19-20,32H,3-5,10-13H2,1-2H3/t19-,20-,32?. The van der Waals surface area contributed by atoms with Crippen LogP contribution < -0.4 is 4.74 Å². The molecule has 0 aromatic heterocycles. The fraction of sp³-hybridized carbons (Fsp3) is 0.500. The van der Waals surface area contributed by atoms with E-state index in [1.807, 2.05) is 19.2 Å². The van der Waals surface area contributed by atoms with Gasteiger partial charge in [0, 0.05) is 7.11 Å². The maximum atomic E-state index is 13.9. The summed E-state index contributed by atoms with van der Waals surface area (Å²) in [5, 5.41) is 0. The predicted molar refractivity (Wildman–Crippen MR) is 116 cm³/mol. The van der Waals surface area contributed by atoms with Crippen LogP contribution in [-0.2, 0) is 17.3 Å². The van der Waals surface area contributed by atoms with Gasteiger partial charge in [-0.2, -0.15) is 0 Å². The normalized spacial score (nSPS) is 20.2. The number of ether oxygens (including phenoxy) is 1. The second kappa shape index (κ2) is 10.8. The number of hydrogen-bond donors (Lipinski definition) is 0. The van der Waals surface area contributed by atoms with Crippen LogP contribution in [0, 0.1) is 11.6 Å². The van der Waals surface area contributed by atoms with E-state index >= 15 is 0 Å². The van der Waals surface area contributed by atoms with Crippen molar-refractivity contribution in [2.75, 3.05) is 7.11 Å². The summed E-state index contributed by atoms with van der Waals surface area (Å²) in [6, 6.07) is 11.2. The van der Waals surface area contributed by atoms with E-state index in [1.54, 1.807) is 0 Å². The molecule has 1 unspecified atom stereocenters. The Morgan fingerprint density at radius 3 is 1.97 bits per heavy atom. The summed E-state index contributed by atoms with van der Waals surface area (Å²) in [6.07, 6.45) is 0.469. The molecular weight excluding hydrogens is 443 g/mol. The Bertz CT molecular complexity index is 850. The van der Waals surface area contributed by atoms with Crippen molar-refractivity contribution < 1.29 is 31.1 Å². The minimum absolute atomic E-state index is 0.282. The van der Waals surface area contributed by atoms with Crippen LogP contribution in [0.2, 0.25) is 11.6 Å². The van der Waals surface area contributed by atoms with Crippen LogP contribution in [0.1, 0.15) is 55.2 Å². The highest BCUT2D eigenvalue weighted by atomic mass is 28.3. The van der Waals surface area contributed by atoms with Gasteiger partial charge in [0.2, 0.25) is 5.75 Å². The first-order chi connectivity index (χ1) is 15.2. The molecule has 1 saturated carbocycles. The van der Waals surface area contributed by atoms with Crippen LogP contribution in [0.4, 0.5) is 22.0 Å². The molecule has 3 rings (SSSR count). The average molecular weight is 473 g/mol. The average Bonchev–Trinajstić information content (AvgIpc) is 2.76. The van der Waals surface area contributed by atoms with Crippen molar-refractivity contribution in [1.82, 2.24) is 0 Å². The highest BCUT2D eigenvalue weighted by molar-refractivity contribution is 6.53. The van der Waals surface area contributed by atoms with Gasteiger partial charge in [-0.1, -0.05) is 44.0 Å². The number of rotatable bonds is 8. The third-order valence-corrected chi connectivity index (χ3v) is 9.56. The molecule has 1 fully saturated rings. The van der Waals surface area contributed by atoms with Crippen LogP contribution in [0.5, 0.6) is 5.75 Å². The van der Waals surface area contributed by atoms with Crippen molar-refractivity contribution in [2.45, 2.75) is 69.3 Å². The lowest BCUT2D eigenvalue weighted by Crippen LogP contribution is -2.26. The highest BCUT2D eigenvalue weighted by Gasteiger charge is 2.34. The molecule has 2 aromatic carbocycles. The molecule has 2 nitrogen and oxygen atoms in total. The van der Waals surface area contributed by atoms with Gasteiger partial charge in [-0.3, -0.25) is 0 Å². The van der Waals surface area contributed by atoms with Gasteiger partial charge in [-0.05, 0) is 72.0 Å². The van der Waals surface area contributed by atoms with Crippen LogP contribution in [0.3, 0.4) is 0 Å². The second-order valence-electron chi connectivity index (χ2n) is 8.47. The summed E-state index contributed by atoms with van der Waals surface area (Å²) in [5.74, 6) is -3.58. The Hall–Kier alpha value is -1.93. The minimum Gasteiger partial charge on any atom is -0.423 e. The molecular formula is C24H29F5O2Si. The van der Waals surface area contributed by atoms with E-state index in [1.165, 1.54) is 37.3 Å². The van der Waals surface area contributed by atoms with Gasteiger partial charge in [0.1, 0.15) is 0 Å². The highest BCUT2D eigenvalue weighted by Crippen LogP contribution is 2.40. The second-order valence-corrected chi connectivity index (χ2v) is 11.8. The van der Waals surface area contributed by atoms with Gasteiger partial charge in [0.15, 0.2) is 20.7 Å². The lowest BCUT2D eigenvalue weighted by atomic mass is 9.83. The lowest BCUT2D eigenvalue weighted by molar-refractivity contribution is -0.276. The molecule has 1 aliphatic rings. The molecule has 0 spiro atoms. The van der Waals surface area contributed by atoms with Crippen molar-refractivity contribution in [3.05, 3.63) is 64.7 Å². The van der Waals surface area contributed by atoms with Crippen molar-refractivity contribution in [3.63, 3.8) is 0 Å². The maximum absolute atomic E-state index is 13.9. The van der Waals surface area contributed by atoms with Crippen LogP contribution in [0.25, 0.3) is 0 Å². The first kappa shape index (κ1) is 24.7. The summed E-state index contributed by atoms with van der Waals surface area (Å²) >= 11 is 0. The third-order valence-electron chi connectivity index (χ3n) is 6.43. The zero-order chi connectivity index (χ0) is 23.3. The first-order valence-corrected chi connectivity index (χ1v) is 13.0. The van der Waals surface area contributed by atoms with Gasteiger partial charge >= 0.3 is 6.36 Å². The topological polar surface area (TPSA) is 18.5 Å². The third kappa shape index (κ3) is 6.54. The zero-order valence-electron chi connectivity index (χ0n) is 18.4. The predicted octanol–water partition coefficient (Wildman–Crippen LogP) is 7.07. The largest absolute Gasteiger partial charge is 0.573 e. The number of halogens is 5. The molecule has 176 valence electrons. The molecule has 2 aromatic rings. The molecule has 0 N–H and O–H groups in total. The lowest BCUT2D eigenvalue weighted by Gasteiger charge is -2.32. The molecule has 1 aliphatic carbocycles. The van der Waals surface area contributed by atoms with Gasteiger partial charge in [0.25, 0.3) is 0 Å². The Morgan fingerprint density at radius 2 is 1.47 bits per heavy atom. The smallest absolute Gasteiger partial charge is 0.423 e. The Morgan fingerprint density at radius 1 is 0.906 bits per heavy atom. The van der Waals surface area contributed by atoms with E-state index in [9.17, 15) is 22.0 Å². The quantitative estimate of drug-likeness (QED) is 0.302. The summed E-state index contributed by atoms with van der Waals surface area (Å²) < 4.78 is 73.7. The van der Waals surface area contributed by atoms with E-state index in [-0.39, 0.29) is 5.56 Å². The Kier molecular flexibility index (Phi) is 8.33. The zero-order valence-corrected chi connectivity index (χ0v) is 19.5. The van der Waals surface area contributed by atoms with E-state index in [0.717, 1.165) is 23.2 Å². The number of hydrogen-bond acceptors (Lipinski definition) is 2. The summed E-state index contributed by atoms with van der Waals surface area (Å²) in [4.78, 5) is 0. The van der Waals surface area contributed by atoms with Crippen molar-refractivity contribution in [1.29, 1.82) is 0 Å². The minimum atomic E-state index is -5.15. The van der Waals surface area contributed by atoms with Crippen LogP contribution in [-0.4, -0.2) is 22.5 Å². The van der Waals surface area contributed by atoms with Crippen LogP contribution >= 0.6 is 0 Å². The molecule has 1 atom stereocenters.